The molecule has 7 heteroatoms. The lowest BCUT2D eigenvalue weighted by Gasteiger charge is -2.10. The van der Waals surface area contributed by atoms with Crippen molar-refractivity contribution in [2.75, 3.05) is 19.0 Å². The molecular weight excluding hydrogens is 341 g/mol. The van der Waals surface area contributed by atoms with Crippen molar-refractivity contribution < 1.29 is 19.1 Å². The Morgan fingerprint density at radius 3 is 2.61 bits per heavy atom. The fraction of sp³-hybridized carbons (Fsp3) is 0.125. The molecule has 1 amide bonds. The smallest absolute Gasteiger partial charge is 0.343 e. The van der Waals surface area contributed by atoms with Crippen molar-refractivity contribution in [2.24, 2.45) is 0 Å². The zero-order valence-electron chi connectivity index (χ0n) is 12.1. The molecule has 0 bridgehead atoms. The zero-order valence-corrected chi connectivity index (χ0v) is 13.6. The van der Waals surface area contributed by atoms with Crippen LogP contribution in [0.15, 0.2) is 42.5 Å². The standard InChI is InChI=1S/C16H13Cl2NO4/c1-22-14(20)9-23-11-5-2-4-10(8-11)19-16(21)12-6-3-7-13(17)15(12)18/h2-8H,9H2,1H3,(H,19,21). The highest BCUT2D eigenvalue weighted by Gasteiger charge is 2.13. The Hall–Kier alpha value is -2.24. The first-order valence-electron chi connectivity index (χ1n) is 6.56. The number of amides is 1. The predicted molar refractivity (Wildman–Crippen MR) is 88.4 cm³/mol. The minimum Gasteiger partial charge on any atom is -0.482 e. The summed E-state index contributed by atoms with van der Waals surface area (Å²) in [6.45, 7) is -0.214. The van der Waals surface area contributed by atoms with E-state index in [2.05, 4.69) is 10.1 Å². The molecule has 0 heterocycles. The number of ether oxygens (including phenoxy) is 2. The summed E-state index contributed by atoms with van der Waals surface area (Å²) in [7, 11) is 1.27. The van der Waals surface area contributed by atoms with Gasteiger partial charge in [0.25, 0.3) is 5.91 Å². The van der Waals surface area contributed by atoms with E-state index in [9.17, 15) is 9.59 Å². The monoisotopic (exact) mass is 353 g/mol. The van der Waals surface area contributed by atoms with Crippen molar-refractivity contribution in [1.29, 1.82) is 0 Å². The van der Waals surface area contributed by atoms with Gasteiger partial charge in [-0.1, -0.05) is 35.3 Å². The van der Waals surface area contributed by atoms with E-state index >= 15 is 0 Å². The quantitative estimate of drug-likeness (QED) is 0.830. The van der Waals surface area contributed by atoms with Crippen molar-refractivity contribution in [3.8, 4) is 5.75 Å². The van der Waals surface area contributed by atoms with Crippen molar-refractivity contribution in [1.82, 2.24) is 0 Å². The summed E-state index contributed by atoms with van der Waals surface area (Å²) in [6, 6.07) is 11.4. The van der Waals surface area contributed by atoms with Crippen LogP contribution in [-0.4, -0.2) is 25.6 Å². The molecule has 23 heavy (non-hydrogen) atoms. The van der Waals surface area contributed by atoms with Crippen LogP contribution in [0, 0.1) is 0 Å². The molecule has 120 valence electrons. The number of hydrogen-bond acceptors (Lipinski definition) is 4. The molecule has 0 aliphatic carbocycles. The van der Waals surface area contributed by atoms with E-state index < -0.39 is 11.9 Å². The van der Waals surface area contributed by atoms with Gasteiger partial charge in [0.15, 0.2) is 6.61 Å². The van der Waals surface area contributed by atoms with Gasteiger partial charge in [-0.05, 0) is 24.3 Å². The van der Waals surface area contributed by atoms with E-state index in [-0.39, 0.29) is 17.2 Å². The Morgan fingerprint density at radius 1 is 1.13 bits per heavy atom. The number of halogens is 2. The minimum atomic E-state index is -0.495. The molecule has 1 N–H and O–H groups in total. The molecule has 0 aliphatic rings. The molecule has 0 fully saturated rings. The van der Waals surface area contributed by atoms with Crippen molar-refractivity contribution in [2.45, 2.75) is 0 Å². The molecule has 0 unspecified atom stereocenters. The summed E-state index contributed by atoms with van der Waals surface area (Å²) >= 11 is 11.9. The molecule has 0 spiro atoms. The maximum atomic E-state index is 12.2. The van der Waals surface area contributed by atoms with Crippen LogP contribution in [0.3, 0.4) is 0 Å². The van der Waals surface area contributed by atoms with Gasteiger partial charge in [0.1, 0.15) is 5.75 Å². The van der Waals surface area contributed by atoms with E-state index in [1.807, 2.05) is 0 Å². The summed E-state index contributed by atoms with van der Waals surface area (Å²) in [5.74, 6) is -0.474. The number of rotatable bonds is 5. The number of anilines is 1. The second-order valence-electron chi connectivity index (χ2n) is 4.45. The summed E-state index contributed by atoms with van der Waals surface area (Å²) in [5.41, 5.74) is 0.758. The molecule has 0 aliphatic heterocycles. The lowest BCUT2D eigenvalue weighted by atomic mass is 10.2. The molecule has 0 radical (unpaired) electrons. The fourth-order valence-electron chi connectivity index (χ4n) is 1.74. The second kappa shape index (κ2) is 7.85. The van der Waals surface area contributed by atoms with Crippen LogP contribution >= 0.6 is 23.2 Å². The van der Waals surface area contributed by atoms with E-state index in [0.717, 1.165) is 0 Å². The number of hydrogen-bond donors (Lipinski definition) is 1. The second-order valence-corrected chi connectivity index (χ2v) is 5.23. The third-order valence-corrected chi connectivity index (χ3v) is 3.69. The summed E-state index contributed by atoms with van der Waals surface area (Å²) < 4.78 is 9.74. The van der Waals surface area contributed by atoms with Crippen LogP contribution in [0.25, 0.3) is 0 Å². The molecular formula is C16H13Cl2NO4. The number of methoxy groups -OCH3 is 1. The number of nitrogens with one attached hydrogen (secondary N) is 1. The highest BCUT2D eigenvalue weighted by Crippen LogP contribution is 2.26. The Bertz CT molecular complexity index is 734. The Kier molecular flexibility index (Phi) is 5.84. The van der Waals surface area contributed by atoms with E-state index in [4.69, 9.17) is 27.9 Å². The van der Waals surface area contributed by atoms with Crippen LogP contribution < -0.4 is 10.1 Å². The third kappa shape index (κ3) is 4.61. The van der Waals surface area contributed by atoms with Gasteiger partial charge < -0.3 is 14.8 Å². The molecule has 2 rings (SSSR count). The predicted octanol–water partition coefficient (Wildman–Crippen LogP) is 3.80. The first kappa shape index (κ1) is 17.1. The number of carbonyl (C=O) groups is 2. The molecule has 5 nitrogen and oxygen atoms in total. The molecule has 0 saturated heterocycles. The minimum absolute atomic E-state index is 0.185. The number of carbonyl (C=O) groups excluding carboxylic acids is 2. The lowest BCUT2D eigenvalue weighted by molar-refractivity contribution is -0.142. The van der Waals surface area contributed by atoms with Crippen molar-refractivity contribution in [3.63, 3.8) is 0 Å². The maximum Gasteiger partial charge on any atom is 0.343 e. The first-order valence-corrected chi connectivity index (χ1v) is 7.32. The summed E-state index contributed by atoms with van der Waals surface area (Å²) in [4.78, 5) is 23.3. The van der Waals surface area contributed by atoms with Crippen molar-refractivity contribution >= 4 is 40.8 Å². The Balaban J connectivity index is 2.09. The average molecular weight is 354 g/mol. The topological polar surface area (TPSA) is 64.6 Å². The SMILES string of the molecule is COC(=O)COc1cccc(NC(=O)c2cccc(Cl)c2Cl)c1. The Labute approximate surface area is 143 Å². The molecule has 0 aromatic heterocycles. The van der Waals surface area contributed by atoms with Crippen molar-refractivity contribution in [3.05, 3.63) is 58.1 Å². The molecule has 2 aromatic carbocycles. The summed E-state index contributed by atoms with van der Waals surface area (Å²) in [6.07, 6.45) is 0. The maximum absolute atomic E-state index is 12.2. The third-order valence-electron chi connectivity index (χ3n) is 2.87. The first-order chi connectivity index (χ1) is 11.0. The van der Waals surface area contributed by atoms with Crippen LogP contribution in [-0.2, 0) is 9.53 Å². The average Bonchev–Trinajstić information content (AvgIpc) is 2.55. The van der Waals surface area contributed by atoms with Gasteiger partial charge in [0.05, 0.1) is 22.7 Å². The highest BCUT2D eigenvalue weighted by atomic mass is 35.5. The fourth-order valence-corrected chi connectivity index (χ4v) is 2.13. The van der Waals surface area contributed by atoms with Gasteiger partial charge in [-0.15, -0.1) is 0 Å². The van der Waals surface area contributed by atoms with Gasteiger partial charge >= 0.3 is 5.97 Å². The zero-order chi connectivity index (χ0) is 16.8. The van der Waals surface area contributed by atoms with Crippen LogP contribution in [0.2, 0.25) is 10.0 Å². The van der Waals surface area contributed by atoms with Gasteiger partial charge in [-0.3, -0.25) is 4.79 Å². The molecule has 2 aromatic rings. The molecule has 0 saturated carbocycles. The molecule has 0 atom stereocenters. The van der Waals surface area contributed by atoms with Crippen LogP contribution in [0.4, 0.5) is 5.69 Å². The van der Waals surface area contributed by atoms with E-state index in [1.54, 1.807) is 42.5 Å². The largest absolute Gasteiger partial charge is 0.482 e. The van der Waals surface area contributed by atoms with Gasteiger partial charge in [-0.25, -0.2) is 4.79 Å². The van der Waals surface area contributed by atoms with Gasteiger partial charge in [0, 0.05) is 11.8 Å². The van der Waals surface area contributed by atoms with Crippen LogP contribution in [0.5, 0.6) is 5.75 Å². The van der Waals surface area contributed by atoms with E-state index in [0.29, 0.717) is 16.5 Å². The normalized spacial score (nSPS) is 10.0. The lowest BCUT2D eigenvalue weighted by Crippen LogP contribution is -2.14. The number of benzene rings is 2. The van der Waals surface area contributed by atoms with Gasteiger partial charge in [0.2, 0.25) is 0 Å². The van der Waals surface area contributed by atoms with Crippen LogP contribution in [0.1, 0.15) is 10.4 Å². The summed E-state index contributed by atoms with van der Waals surface area (Å²) in [5, 5.41) is 3.18. The van der Waals surface area contributed by atoms with E-state index in [1.165, 1.54) is 7.11 Å². The van der Waals surface area contributed by atoms with Gasteiger partial charge in [-0.2, -0.15) is 0 Å². The Morgan fingerprint density at radius 2 is 1.87 bits per heavy atom. The highest BCUT2D eigenvalue weighted by molar-refractivity contribution is 6.44. The number of esters is 1.